The third kappa shape index (κ3) is 2.90. The third-order valence-electron chi connectivity index (χ3n) is 4.07. The van der Waals surface area contributed by atoms with Crippen LogP contribution < -0.4 is 10.6 Å². The van der Waals surface area contributed by atoms with Crippen LogP contribution >= 0.6 is 0 Å². The minimum absolute atomic E-state index is 0.0891. The average Bonchev–Trinajstić information content (AvgIpc) is 2.85. The number of halogens is 4. The molecule has 1 aromatic carbocycles. The first kappa shape index (κ1) is 15.1. The summed E-state index contributed by atoms with van der Waals surface area (Å²) in [5.41, 5.74) is 4.92. The topological polar surface area (TPSA) is 29.3 Å². The molecule has 20 heavy (non-hydrogen) atoms. The normalized spacial score (nSPS) is 23.1. The Bertz CT molecular complexity index is 473. The molecule has 0 amide bonds. The standard InChI is InChI=1S/C14H18F4N2/c1-20(12-4-2-3-9(12)8-19)13-6-5-10(7-11(13)15)14(16,17)18/h5-7,9,12H,2-4,8,19H2,1H3. The van der Waals surface area contributed by atoms with Crippen molar-refractivity contribution in [3.05, 3.63) is 29.6 Å². The molecule has 0 saturated heterocycles. The fourth-order valence-electron chi connectivity index (χ4n) is 2.95. The highest BCUT2D eigenvalue weighted by atomic mass is 19.4. The van der Waals surface area contributed by atoms with Gasteiger partial charge in [0.05, 0.1) is 11.3 Å². The maximum Gasteiger partial charge on any atom is 0.416 e. The van der Waals surface area contributed by atoms with Gasteiger partial charge in [0.25, 0.3) is 0 Å². The van der Waals surface area contributed by atoms with Crippen molar-refractivity contribution in [3.63, 3.8) is 0 Å². The summed E-state index contributed by atoms with van der Waals surface area (Å²) in [4.78, 5) is 1.72. The fourth-order valence-corrected chi connectivity index (χ4v) is 2.95. The zero-order valence-electron chi connectivity index (χ0n) is 11.3. The summed E-state index contributed by atoms with van der Waals surface area (Å²) in [5, 5.41) is 0. The minimum atomic E-state index is -4.52. The summed E-state index contributed by atoms with van der Waals surface area (Å²) >= 11 is 0. The van der Waals surface area contributed by atoms with Crippen molar-refractivity contribution in [1.82, 2.24) is 0 Å². The van der Waals surface area contributed by atoms with E-state index >= 15 is 0 Å². The Morgan fingerprint density at radius 2 is 2.00 bits per heavy atom. The van der Waals surface area contributed by atoms with E-state index in [0.717, 1.165) is 25.3 Å². The number of nitrogens with zero attached hydrogens (tertiary/aromatic N) is 1. The highest BCUT2D eigenvalue weighted by Crippen LogP contribution is 2.35. The van der Waals surface area contributed by atoms with Crippen molar-refractivity contribution in [1.29, 1.82) is 0 Å². The van der Waals surface area contributed by atoms with Gasteiger partial charge in [-0.1, -0.05) is 6.42 Å². The second-order valence-electron chi connectivity index (χ2n) is 5.27. The zero-order valence-corrected chi connectivity index (χ0v) is 11.3. The smallest absolute Gasteiger partial charge is 0.369 e. The number of hydrogen-bond acceptors (Lipinski definition) is 2. The van der Waals surface area contributed by atoms with E-state index in [1.165, 1.54) is 6.07 Å². The molecule has 2 atom stereocenters. The predicted molar refractivity (Wildman–Crippen MR) is 70.0 cm³/mol. The fraction of sp³-hybridized carbons (Fsp3) is 0.571. The molecule has 0 spiro atoms. The van der Waals surface area contributed by atoms with E-state index < -0.39 is 17.6 Å². The van der Waals surface area contributed by atoms with E-state index in [1.807, 2.05) is 0 Å². The highest BCUT2D eigenvalue weighted by molar-refractivity contribution is 5.50. The Morgan fingerprint density at radius 3 is 2.55 bits per heavy atom. The van der Waals surface area contributed by atoms with Crippen LogP contribution in [0.2, 0.25) is 0 Å². The third-order valence-corrected chi connectivity index (χ3v) is 4.07. The Morgan fingerprint density at radius 1 is 1.30 bits per heavy atom. The Labute approximate surface area is 115 Å². The van der Waals surface area contributed by atoms with Crippen LogP contribution in [-0.4, -0.2) is 19.6 Å². The molecular weight excluding hydrogens is 272 g/mol. The predicted octanol–water partition coefficient (Wildman–Crippen LogP) is 3.41. The molecule has 1 fully saturated rings. The van der Waals surface area contributed by atoms with Crippen molar-refractivity contribution in [2.24, 2.45) is 11.7 Å². The van der Waals surface area contributed by atoms with Crippen LogP contribution in [0.15, 0.2) is 18.2 Å². The lowest BCUT2D eigenvalue weighted by Crippen LogP contribution is -2.38. The summed E-state index contributed by atoms with van der Waals surface area (Å²) in [5.74, 6) is -0.577. The van der Waals surface area contributed by atoms with Gasteiger partial charge in [0.2, 0.25) is 0 Å². The average molecular weight is 290 g/mol. The van der Waals surface area contributed by atoms with Crippen molar-refractivity contribution in [2.45, 2.75) is 31.5 Å². The summed E-state index contributed by atoms with van der Waals surface area (Å²) in [6.07, 6.45) is -1.64. The first-order valence-electron chi connectivity index (χ1n) is 6.64. The summed E-state index contributed by atoms with van der Waals surface area (Å²) < 4.78 is 51.5. The first-order chi connectivity index (χ1) is 9.34. The van der Waals surface area contributed by atoms with E-state index in [0.29, 0.717) is 12.6 Å². The van der Waals surface area contributed by atoms with Crippen LogP contribution in [0.25, 0.3) is 0 Å². The van der Waals surface area contributed by atoms with Crippen molar-refractivity contribution in [2.75, 3.05) is 18.5 Å². The van der Waals surface area contributed by atoms with Gasteiger partial charge < -0.3 is 10.6 Å². The lowest BCUT2D eigenvalue weighted by Gasteiger charge is -2.31. The first-order valence-corrected chi connectivity index (χ1v) is 6.64. The maximum absolute atomic E-state index is 13.9. The van der Waals surface area contributed by atoms with Gasteiger partial charge in [-0.05, 0) is 43.5 Å². The summed E-state index contributed by atoms with van der Waals surface area (Å²) in [6, 6.07) is 2.76. The van der Waals surface area contributed by atoms with Gasteiger partial charge in [-0.3, -0.25) is 0 Å². The molecule has 0 aromatic heterocycles. The SMILES string of the molecule is CN(c1ccc(C(F)(F)F)cc1F)C1CCCC1CN. The van der Waals surface area contributed by atoms with Gasteiger partial charge in [-0.25, -0.2) is 4.39 Å². The number of nitrogens with two attached hydrogens (primary N) is 1. The lowest BCUT2D eigenvalue weighted by atomic mass is 10.0. The molecule has 2 rings (SSSR count). The van der Waals surface area contributed by atoms with Crippen LogP contribution in [0.4, 0.5) is 23.2 Å². The molecule has 2 N–H and O–H groups in total. The molecule has 0 aliphatic heterocycles. The molecule has 2 nitrogen and oxygen atoms in total. The maximum atomic E-state index is 13.9. The second-order valence-corrected chi connectivity index (χ2v) is 5.27. The molecule has 1 aromatic rings. The number of alkyl halides is 3. The monoisotopic (exact) mass is 290 g/mol. The largest absolute Gasteiger partial charge is 0.416 e. The molecule has 1 saturated carbocycles. The van der Waals surface area contributed by atoms with Gasteiger partial charge in [0.15, 0.2) is 0 Å². The second kappa shape index (κ2) is 5.60. The molecule has 1 aliphatic carbocycles. The number of anilines is 1. The van der Waals surface area contributed by atoms with Crippen LogP contribution in [0, 0.1) is 11.7 Å². The Hall–Kier alpha value is -1.30. The van der Waals surface area contributed by atoms with Gasteiger partial charge in [-0.2, -0.15) is 13.2 Å². The van der Waals surface area contributed by atoms with Crippen LogP contribution in [0.3, 0.4) is 0 Å². The lowest BCUT2D eigenvalue weighted by molar-refractivity contribution is -0.137. The molecule has 0 radical (unpaired) electrons. The molecule has 0 bridgehead atoms. The summed E-state index contributed by atoms with van der Waals surface area (Å²) in [6.45, 7) is 0.511. The number of benzene rings is 1. The van der Waals surface area contributed by atoms with Crippen LogP contribution in [0.5, 0.6) is 0 Å². The zero-order chi connectivity index (χ0) is 14.9. The molecule has 1 aliphatic rings. The van der Waals surface area contributed by atoms with Gasteiger partial charge in [-0.15, -0.1) is 0 Å². The van der Waals surface area contributed by atoms with Crippen molar-refractivity contribution < 1.29 is 17.6 Å². The Balaban J connectivity index is 2.24. The molecule has 0 heterocycles. The van der Waals surface area contributed by atoms with Gasteiger partial charge in [0.1, 0.15) is 5.82 Å². The van der Waals surface area contributed by atoms with Crippen LogP contribution in [-0.2, 0) is 6.18 Å². The molecule has 2 unspecified atom stereocenters. The van der Waals surface area contributed by atoms with Crippen LogP contribution in [0.1, 0.15) is 24.8 Å². The van der Waals surface area contributed by atoms with E-state index in [-0.39, 0.29) is 17.6 Å². The Kier molecular flexibility index (Phi) is 4.22. The minimum Gasteiger partial charge on any atom is -0.369 e. The number of rotatable bonds is 3. The van der Waals surface area contributed by atoms with Crippen molar-refractivity contribution in [3.8, 4) is 0 Å². The highest BCUT2D eigenvalue weighted by Gasteiger charge is 2.33. The van der Waals surface area contributed by atoms with E-state index in [1.54, 1.807) is 11.9 Å². The molecule has 112 valence electrons. The molecular formula is C14H18F4N2. The van der Waals surface area contributed by atoms with E-state index in [4.69, 9.17) is 5.73 Å². The van der Waals surface area contributed by atoms with E-state index in [9.17, 15) is 17.6 Å². The van der Waals surface area contributed by atoms with Gasteiger partial charge >= 0.3 is 6.18 Å². The molecule has 6 heteroatoms. The van der Waals surface area contributed by atoms with Crippen molar-refractivity contribution >= 4 is 5.69 Å². The summed E-state index contributed by atoms with van der Waals surface area (Å²) in [7, 11) is 1.71. The quantitative estimate of drug-likeness (QED) is 0.864. The van der Waals surface area contributed by atoms with Gasteiger partial charge in [0, 0.05) is 13.1 Å². The van der Waals surface area contributed by atoms with E-state index in [2.05, 4.69) is 0 Å². The number of hydrogen-bond donors (Lipinski definition) is 1.